The largest absolute Gasteiger partial charge is 0.356 e. The highest BCUT2D eigenvalue weighted by atomic mass is 127. The van der Waals surface area contributed by atoms with Crippen molar-refractivity contribution in [2.75, 3.05) is 39.2 Å². The van der Waals surface area contributed by atoms with E-state index in [0.717, 1.165) is 31.3 Å². The average molecular weight is 436 g/mol. The van der Waals surface area contributed by atoms with Crippen molar-refractivity contribution in [3.63, 3.8) is 0 Å². The zero-order chi connectivity index (χ0) is 15.5. The van der Waals surface area contributed by atoms with Gasteiger partial charge in [-0.25, -0.2) is 0 Å². The van der Waals surface area contributed by atoms with E-state index >= 15 is 0 Å². The summed E-state index contributed by atoms with van der Waals surface area (Å²) in [6, 6.07) is 11.0. The number of guanidine groups is 1. The van der Waals surface area contributed by atoms with Crippen LogP contribution in [0.5, 0.6) is 0 Å². The molecule has 4 nitrogen and oxygen atoms in total. The number of likely N-dealkylation sites (N-methyl/N-ethyl adjacent to an activating group) is 1. The highest BCUT2D eigenvalue weighted by molar-refractivity contribution is 14.0. The minimum Gasteiger partial charge on any atom is -0.356 e. The molecule has 0 aliphatic carbocycles. The van der Waals surface area contributed by atoms with E-state index in [-0.39, 0.29) is 24.0 Å². The number of benzene rings is 1. The lowest BCUT2D eigenvalue weighted by molar-refractivity contribution is 0.249. The number of aliphatic imine (C=N–C) groups is 1. The molecule has 1 aromatic carbocycles. The minimum absolute atomic E-state index is 0. The number of hydrogen-bond acceptors (Lipinski definition) is 3. The molecule has 0 radical (unpaired) electrons. The van der Waals surface area contributed by atoms with Gasteiger partial charge in [-0.1, -0.05) is 30.3 Å². The molecule has 0 saturated carbocycles. The van der Waals surface area contributed by atoms with Crippen molar-refractivity contribution in [1.29, 1.82) is 0 Å². The van der Waals surface area contributed by atoms with Crippen molar-refractivity contribution in [2.45, 2.75) is 19.5 Å². The Morgan fingerprint density at radius 1 is 1.27 bits per heavy atom. The van der Waals surface area contributed by atoms with Crippen LogP contribution < -0.4 is 10.6 Å². The molecule has 0 fully saturated rings. The van der Waals surface area contributed by atoms with Crippen LogP contribution in [-0.4, -0.2) is 56.1 Å². The third-order valence-electron chi connectivity index (χ3n) is 3.41. The second-order valence-electron chi connectivity index (χ2n) is 5.12. The van der Waals surface area contributed by atoms with Crippen LogP contribution in [0.15, 0.2) is 35.3 Å². The van der Waals surface area contributed by atoms with Gasteiger partial charge < -0.3 is 10.6 Å². The van der Waals surface area contributed by atoms with Crippen LogP contribution in [0.25, 0.3) is 0 Å². The number of hydrogen-bond donors (Lipinski definition) is 2. The van der Waals surface area contributed by atoms with Gasteiger partial charge in [0.2, 0.25) is 0 Å². The van der Waals surface area contributed by atoms with Crippen molar-refractivity contribution in [1.82, 2.24) is 15.5 Å². The first-order chi connectivity index (χ1) is 10.2. The molecule has 0 aliphatic rings. The molecule has 0 aliphatic heterocycles. The van der Waals surface area contributed by atoms with Crippen molar-refractivity contribution < 1.29 is 0 Å². The van der Waals surface area contributed by atoms with Crippen molar-refractivity contribution in [3.8, 4) is 0 Å². The second-order valence-corrected chi connectivity index (χ2v) is 6.11. The predicted molar refractivity (Wildman–Crippen MR) is 111 cm³/mol. The lowest BCUT2D eigenvalue weighted by atomic mass is 10.2. The van der Waals surface area contributed by atoms with E-state index in [1.165, 1.54) is 5.56 Å². The Balaban J connectivity index is 0.00000441. The number of thioether (sulfide) groups is 1. The first-order valence-corrected chi connectivity index (χ1v) is 8.74. The molecule has 1 rings (SSSR count). The molecule has 1 aromatic rings. The van der Waals surface area contributed by atoms with Gasteiger partial charge in [0.05, 0.1) is 0 Å². The summed E-state index contributed by atoms with van der Waals surface area (Å²) in [7, 11) is 3.97. The summed E-state index contributed by atoms with van der Waals surface area (Å²) < 4.78 is 0. The van der Waals surface area contributed by atoms with E-state index < -0.39 is 0 Å². The lowest BCUT2D eigenvalue weighted by Crippen LogP contribution is -2.45. The van der Waals surface area contributed by atoms with Gasteiger partial charge in [0, 0.05) is 38.5 Å². The normalized spacial score (nSPS) is 12.7. The average Bonchev–Trinajstić information content (AvgIpc) is 2.51. The first kappa shape index (κ1) is 21.5. The highest BCUT2D eigenvalue weighted by Crippen LogP contribution is 2.05. The van der Waals surface area contributed by atoms with Crippen LogP contribution in [0.1, 0.15) is 12.5 Å². The van der Waals surface area contributed by atoms with Crippen LogP contribution in [0, 0.1) is 0 Å². The summed E-state index contributed by atoms with van der Waals surface area (Å²) in [5, 5.41) is 6.70. The van der Waals surface area contributed by atoms with Gasteiger partial charge in [-0.15, -0.1) is 24.0 Å². The van der Waals surface area contributed by atoms with Gasteiger partial charge in [-0.05, 0) is 25.8 Å². The van der Waals surface area contributed by atoms with Gasteiger partial charge in [0.15, 0.2) is 5.96 Å². The van der Waals surface area contributed by atoms with Crippen molar-refractivity contribution >= 4 is 41.7 Å². The Labute approximate surface area is 156 Å². The summed E-state index contributed by atoms with van der Waals surface area (Å²) in [6.07, 6.45) is 2.11. The lowest BCUT2D eigenvalue weighted by Gasteiger charge is -2.25. The third-order valence-corrected chi connectivity index (χ3v) is 4.03. The molecule has 1 atom stereocenters. The van der Waals surface area contributed by atoms with Crippen molar-refractivity contribution in [3.05, 3.63) is 35.9 Å². The molecular weight excluding hydrogens is 407 g/mol. The van der Waals surface area contributed by atoms with E-state index in [2.05, 4.69) is 71.1 Å². The monoisotopic (exact) mass is 436 g/mol. The number of nitrogens with zero attached hydrogens (tertiary/aromatic N) is 2. The summed E-state index contributed by atoms with van der Waals surface area (Å²) in [5.74, 6) is 1.97. The minimum atomic E-state index is 0. The summed E-state index contributed by atoms with van der Waals surface area (Å²) >= 11 is 1.83. The van der Waals surface area contributed by atoms with E-state index in [9.17, 15) is 0 Å². The zero-order valence-electron chi connectivity index (χ0n) is 14.0. The fourth-order valence-electron chi connectivity index (χ4n) is 1.92. The Kier molecular flexibility index (Phi) is 12.7. The number of halogens is 1. The smallest absolute Gasteiger partial charge is 0.191 e. The first-order valence-electron chi connectivity index (χ1n) is 7.35. The molecule has 1 unspecified atom stereocenters. The van der Waals surface area contributed by atoms with Gasteiger partial charge >= 0.3 is 0 Å². The van der Waals surface area contributed by atoms with Crippen LogP contribution in [0.3, 0.4) is 0 Å². The fraction of sp³-hybridized carbons (Fsp3) is 0.562. The Hall–Kier alpha value is -0.470. The second kappa shape index (κ2) is 13.0. The zero-order valence-corrected chi connectivity index (χ0v) is 17.2. The van der Waals surface area contributed by atoms with Crippen LogP contribution in [0.4, 0.5) is 0 Å². The van der Waals surface area contributed by atoms with Gasteiger partial charge in [0.1, 0.15) is 0 Å². The maximum Gasteiger partial charge on any atom is 0.191 e. The molecule has 6 heteroatoms. The number of rotatable bonds is 8. The fourth-order valence-corrected chi connectivity index (χ4v) is 2.23. The Morgan fingerprint density at radius 3 is 2.55 bits per heavy atom. The molecule has 0 amide bonds. The summed E-state index contributed by atoms with van der Waals surface area (Å²) in [6.45, 7) is 5.00. The Bertz CT molecular complexity index is 414. The van der Waals surface area contributed by atoms with Gasteiger partial charge in [-0.2, -0.15) is 11.8 Å². The molecule has 2 N–H and O–H groups in total. The van der Waals surface area contributed by atoms with E-state index in [0.29, 0.717) is 6.04 Å². The summed E-state index contributed by atoms with van der Waals surface area (Å²) in [5.41, 5.74) is 1.34. The SMILES string of the molecule is CN=C(NCCSC)NCC(C)N(C)Cc1ccccc1.I. The maximum atomic E-state index is 4.24. The van der Waals surface area contributed by atoms with Crippen LogP contribution >= 0.6 is 35.7 Å². The summed E-state index contributed by atoms with van der Waals surface area (Å²) in [4.78, 5) is 6.59. The predicted octanol–water partition coefficient (Wildman–Crippen LogP) is 2.65. The Morgan fingerprint density at radius 2 is 1.95 bits per heavy atom. The van der Waals surface area contributed by atoms with Crippen LogP contribution in [0.2, 0.25) is 0 Å². The molecule has 126 valence electrons. The van der Waals surface area contributed by atoms with E-state index in [1.807, 2.05) is 18.8 Å². The molecule has 0 saturated heterocycles. The van der Waals surface area contributed by atoms with E-state index in [4.69, 9.17) is 0 Å². The van der Waals surface area contributed by atoms with Crippen LogP contribution in [-0.2, 0) is 6.54 Å². The molecule has 0 aromatic heterocycles. The quantitative estimate of drug-likeness (QED) is 0.285. The standard InChI is InChI=1S/C16H28N4S.HI/c1-14(12-19-16(17-2)18-10-11-21-4)20(3)13-15-8-6-5-7-9-15;/h5-9,14H,10-13H2,1-4H3,(H2,17,18,19);1H. The van der Waals surface area contributed by atoms with Crippen molar-refractivity contribution in [2.24, 2.45) is 4.99 Å². The third kappa shape index (κ3) is 8.85. The van der Waals surface area contributed by atoms with E-state index in [1.54, 1.807) is 0 Å². The molecule has 0 heterocycles. The molecular formula is C16H29IN4S. The molecule has 0 bridgehead atoms. The molecule has 22 heavy (non-hydrogen) atoms. The number of nitrogens with one attached hydrogen (secondary N) is 2. The molecule has 0 spiro atoms. The van der Waals surface area contributed by atoms with Gasteiger partial charge in [0.25, 0.3) is 0 Å². The highest BCUT2D eigenvalue weighted by Gasteiger charge is 2.10. The van der Waals surface area contributed by atoms with Gasteiger partial charge in [-0.3, -0.25) is 9.89 Å². The topological polar surface area (TPSA) is 39.7 Å². The maximum absolute atomic E-state index is 4.24.